The number of rotatable bonds is 4. The molecule has 0 heterocycles. The van der Waals surface area contributed by atoms with Crippen molar-refractivity contribution in [2.45, 2.75) is 6.92 Å². The second-order valence-corrected chi connectivity index (χ2v) is 4.45. The molecule has 0 radical (unpaired) electrons. The summed E-state index contributed by atoms with van der Waals surface area (Å²) in [4.78, 5) is 23.7. The van der Waals surface area contributed by atoms with Crippen LogP contribution in [0.4, 0.5) is 20.2 Å². The van der Waals surface area contributed by atoms with Crippen LogP contribution in [0.25, 0.3) is 0 Å². The summed E-state index contributed by atoms with van der Waals surface area (Å²) in [6.07, 6.45) is 0. The maximum Gasteiger partial charge on any atom is 0.269 e. The fourth-order valence-corrected chi connectivity index (χ4v) is 1.98. The number of benzene rings is 2. The van der Waals surface area contributed by atoms with Crippen LogP contribution in [-0.4, -0.2) is 17.4 Å². The lowest BCUT2D eigenvalue weighted by atomic mass is 10.1. The Balaban J connectivity index is 2.31. The lowest BCUT2D eigenvalue weighted by molar-refractivity contribution is -0.384. The highest BCUT2D eigenvalue weighted by molar-refractivity contribution is 6.06. The van der Waals surface area contributed by atoms with Crippen molar-refractivity contribution in [2.24, 2.45) is 0 Å². The number of nitrogens with zero attached hydrogens (tertiary/aromatic N) is 2. The monoisotopic (exact) mass is 306 g/mol. The lowest BCUT2D eigenvalue weighted by Gasteiger charge is -2.21. The van der Waals surface area contributed by atoms with E-state index in [2.05, 4.69) is 0 Å². The predicted octanol–water partition coefficient (Wildman–Crippen LogP) is 3.54. The number of carbonyl (C=O) groups is 1. The molecule has 0 saturated carbocycles. The highest BCUT2D eigenvalue weighted by atomic mass is 19.2. The fraction of sp³-hybridized carbons (Fsp3) is 0.133. The van der Waals surface area contributed by atoms with Gasteiger partial charge in [0.25, 0.3) is 11.6 Å². The van der Waals surface area contributed by atoms with E-state index in [9.17, 15) is 23.7 Å². The minimum Gasteiger partial charge on any atom is -0.309 e. The highest BCUT2D eigenvalue weighted by Crippen LogP contribution is 2.21. The van der Waals surface area contributed by atoms with Crippen LogP contribution in [-0.2, 0) is 0 Å². The van der Waals surface area contributed by atoms with E-state index in [1.807, 2.05) is 0 Å². The summed E-state index contributed by atoms with van der Waals surface area (Å²) >= 11 is 0. The van der Waals surface area contributed by atoms with Gasteiger partial charge in [-0.2, -0.15) is 0 Å². The SMILES string of the molecule is CCN(C(=O)c1ccc([N+](=O)[O-])cc1)c1ccc(F)c(F)c1. The van der Waals surface area contributed by atoms with Gasteiger partial charge in [-0.1, -0.05) is 0 Å². The highest BCUT2D eigenvalue weighted by Gasteiger charge is 2.18. The van der Waals surface area contributed by atoms with Gasteiger partial charge >= 0.3 is 0 Å². The molecule has 2 aromatic carbocycles. The maximum atomic E-state index is 13.3. The average molecular weight is 306 g/mol. The minimum atomic E-state index is -1.05. The summed E-state index contributed by atoms with van der Waals surface area (Å²) in [6.45, 7) is 1.92. The number of nitro groups is 1. The maximum absolute atomic E-state index is 13.3. The van der Waals surface area contributed by atoms with E-state index in [-0.39, 0.29) is 23.5 Å². The Labute approximate surface area is 124 Å². The minimum absolute atomic E-state index is 0.132. The van der Waals surface area contributed by atoms with Crippen LogP contribution in [0.15, 0.2) is 42.5 Å². The van der Waals surface area contributed by atoms with E-state index in [1.54, 1.807) is 6.92 Å². The lowest BCUT2D eigenvalue weighted by Crippen LogP contribution is -2.30. The van der Waals surface area contributed by atoms with Crippen LogP contribution in [0, 0.1) is 21.7 Å². The molecule has 0 aliphatic rings. The average Bonchev–Trinajstić information content (AvgIpc) is 2.51. The van der Waals surface area contributed by atoms with Gasteiger partial charge in [0.1, 0.15) is 0 Å². The van der Waals surface area contributed by atoms with E-state index in [0.717, 1.165) is 12.1 Å². The molecule has 0 aliphatic carbocycles. The van der Waals surface area contributed by atoms with Gasteiger partial charge in [0.05, 0.1) is 4.92 Å². The Bertz CT molecular complexity index is 717. The molecule has 1 amide bonds. The molecule has 0 fully saturated rings. The van der Waals surface area contributed by atoms with E-state index < -0.39 is 22.5 Å². The number of hydrogen-bond acceptors (Lipinski definition) is 3. The standard InChI is InChI=1S/C15H12F2N2O3/c1-2-18(12-7-8-13(16)14(17)9-12)15(20)10-3-5-11(6-4-10)19(21)22/h3-9H,2H2,1H3. The van der Waals surface area contributed by atoms with Crippen molar-refractivity contribution < 1.29 is 18.5 Å². The number of amides is 1. The number of anilines is 1. The molecule has 0 bridgehead atoms. The molecule has 0 spiro atoms. The normalized spacial score (nSPS) is 10.3. The van der Waals surface area contributed by atoms with Crippen molar-refractivity contribution >= 4 is 17.3 Å². The smallest absolute Gasteiger partial charge is 0.269 e. The molecule has 0 unspecified atom stereocenters. The second-order valence-electron chi connectivity index (χ2n) is 4.45. The molecule has 0 aromatic heterocycles. The van der Waals surface area contributed by atoms with Crippen molar-refractivity contribution in [1.29, 1.82) is 0 Å². The van der Waals surface area contributed by atoms with Gasteiger partial charge in [0, 0.05) is 36.0 Å². The molecule has 114 valence electrons. The van der Waals surface area contributed by atoms with Crippen molar-refractivity contribution in [1.82, 2.24) is 0 Å². The second kappa shape index (κ2) is 6.30. The third-order valence-corrected chi connectivity index (χ3v) is 3.10. The van der Waals surface area contributed by atoms with Gasteiger partial charge in [0.2, 0.25) is 0 Å². The Hall–Kier alpha value is -2.83. The summed E-state index contributed by atoms with van der Waals surface area (Å²) in [5.41, 5.74) is 0.300. The number of hydrogen-bond donors (Lipinski definition) is 0. The first kappa shape index (κ1) is 15.6. The van der Waals surface area contributed by atoms with E-state index in [0.29, 0.717) is 0 Å². The van der Waals surface area contributed by atoms with Crippen LogP contribution in [0.3, 0.4) is 0 Å². The Morgan fingerprint density at radius 2 is 1.77 bits per heavy atom. The molecular formula is C15H12F2N2O3. The first-order chi connectivity index (χ1) is 10.4. The van der Waals surface area contributed by atoms with E-state index >= 15 is 0 Å². The predicted molar refractivity (Wildman–Crippen MR) is 76.8 cm³/mol. The molecule has 2 aromatic rings. The number of halogens is 2. The summed E-state index contributed by atoms with van der Waals surface area (Å²) in [5.74, 6) is -2.50. The van der Waals surface area contributed by atoms with Crippen molar-refractivity contribution in [3.05, 3.63) is 69.8 Å². The molecule has 0 saturated heterocycles. The van der Waals surface area contributed by atoms with E-state index in [1.165, 1.54) is 35.2 Å². The van der Waals surface area contributed by atoms with Crippen molar-refractivity contribution in [3.63, 3.8) is 0 Å². The number of nitro benzene ring substituents is 1. The zero-order valence-corrected chi connectivity index (χ0v) is 11.6. The zero-order chi connectivity index (χ0) is 16.3. The molecule has 7 heteroatoms. The zero-order valence-electron chi connectivity index (χ0n) is 11.6. The summed E-state index contributed by atoms with van der Waals surface area (Å²) in [5, 5.41) is 10.6. The Kier molecular flexibility index (Phi) is 4.45. The van der Waals surface area contributed by atoms with Crippen LogP contribution in [0.2, 0.25) is 0 Å². The Morgan fingerprint density at radius 3 is 2.27 bits per heavy atom. The molecular weight excluding hydrogens is 294 g/mol. The van der Waals surface area contributed by atoms with Gasteiger partial charge in [-0.15, -0.1) is 0 Å². The summed E-state index contributed by atoms with van der Waals surface area (Å²) in [7, 11) is 0. The molecule has 0 N–H and O–H groups in total. The first-order valence-corrected chi connectivity index (χ1v) is 6.45. The fourth-order valence-electron chi connectivity index (χ4n) is 1.98. The van der Waals surface area contributed by atoms with Gasteiger partial charge in [-0.3, -0.25) is 14.9 Å². The third-order valence-electron chi connectivity index (χ3n) is 3.10. The largest absolute Gasteiger partial charge is 0.309 e. The first-order valence-electron chi connectivity index (χ1n) is 6.45. The summed E-state index contributed by atoms with van der Waals surface area (Å²) < 4.78 is 26.3. The molecule has 22 heavy (non-hydrogen) atoms. The van der Waals surface area contributed by atoms with Gasteiger partial charge < -0.3 is 4.90 Å². The van der Waals surface area contributed by atoms with Crippen LogP contribution in [0.5, 0.6) is 0 Å². The summed E-state index contributed by atoms with van der Waals surface area (Å²) in [6, 6.07) is 8.24. The van der Waals surface area contributed by atoms with Crippen molar-refractivity contribution in [2.75, 3.05) is 11.4 Å². The van der Waals surface area contributed by atoms with Crippen molar-refractivity contribution in [3.8, 4) is 0 Å². The number of non-ortho nitro benzene ring substituents is 1. The quantitative estimate of drug-likeness (QED) is 0.641. The van der Waals surface area contributed by atoms with Crippen LogP contribution < -0.4 is 4.90 Å². The van der Waals surface area contributed by atoms with Gasteiger partial charge in [-0.05, 0) is 31.2 Å². The van der Waals surface area contributed by atoms with Crippen LogP contribution in [0.1, 0.15) is 17.3 Å². The third kappa shape index (κ3) is 3.08. The van der Waals surface area contributed by atoms with Gasteiger partial charge in [0.15, 0.2) is 11.6 Å². The molecule has 0 atom stereocenters. The molecule has 2 rings (SSSR count). The van der Waals surface area contributed by atoms with Gasteiger partial charge in [-0.25, -0.2) is 8.78 Å². The Morgan fingerprint density at radius 1 is 1.14 bits per heavy atom. The number of carbonyl (C=O) groups excluding carboxylic acids is 1. The topological polar surface area (TPSA) is 63.5 Å². The molecule has 5 nitrogen and oxygen atoms in total. The molecule has 0 aliphatic heterocycles. The van der Waals surface area contributed by atoms with Crippen LogP contribution >= 0.6 is 0 Å². The van der Waals surface area contributed by atoms with E-state index in [4.69, 9.17) is 0 Å².